The molecule has 0 aliphatic heterocycles. The fourth-order valence-electron chi connectivity index (χ4n) is 4.19. The average Bonchev–Trinajstić information content (AvgIpc) is 3.39. The predicted octanol–water partition coefficient (Wildman–Crippen LogP) is 4.25. The number of nitrogens with zero attached hydrogens (tertiary/aromatic N) is 3. The quantitative estimate of drug-likeness (QED) is 0.416. The van der Waals surface area contributed by atoms with Crippen molar-refractivity contribution in [3.8, 4) is 11.3 Å². The highest BCUT2D eigenvalue weighted by Crippen LogP contribution is 2.39. The second-order valence-corrected chi connectivity index (χ2v) is 8.10. The molecule has 1 aliphatic carbocycles. The number of H-pyrrole nitrogens is 1. The molecule has 0 atom stereocenters. The van der Waals surface area contributed by atoms with E-state index in [1.807, 2.05) is 48.5 Å². The molecule has 8 heteroatoms. The van der Waals surface area contributed by atoms with Crippen LogP contribution >= 0.6 is 0 Å². The molecule has 0 spiro atoms. The van der Waals surface area contributed by atoms with Gasteiger partial charge in [0.15, 0.2) is 5.78 Å². The maximum atomic E-state index is 12.8. The van der Waals surface area contributed by atoms with Crippen LogP contribution in [0.15, 0.2) is 60.9 Å². The van der Waals surface area contributed by atoms with Crippen molar-refractivity contribution in [2.45, 2.75) is 25.7 Å². The second-order valence-electron chi connectivity index (χ2n) is 8.10. The van der Waals surface area contributed by atoms with Gasteiger partial charge in [0, 0.05) is 48.5 Å². The Kier molecular flexibility index (Phi) is 5.48. The third-order valence-corrected chi connectivity index (χ3v) is 5.81. The normalized spacial score (nSPS) is 12.9. The van der Waals surface area contributed by atoms with Gasteiger partial charge in [-0.2, -0.15) is 5.10 Å². The Hall–Kier alpha value is -4.20. The van der Waals surface area contributed by atoms with Gasteiger partial charge >= 0.3 is 0 Å². The molecular weight excluding hydrogens is 416 g/mol. The number of aromatic nitrogens is 4. The van der Waals surface area contributed by atoms with Gasteiger partial charge in [-0.1, -0.05) is 18.2 Å². The summed E-state index contributed by atoms with van der Waals surface area (Å²) in [5, 5.41) is 10.4. The lowest BCUT2D eigenvalue weighted by Crippen LogP contribution is -2.17. The van der Waals surface area contributed by atoms with Gasteiger partial charge in [0.25, 0.3) is 0 Å². The van der Waals surface area contributed by atoms with Crippen LogP contribution in [0, 0.1) is 0 Å². The van der Waals surface area contributed by atoms with E-state index in [4.69, 9.17) is 0 Å². The number of hydrogen-bond acceptors (Lipinski definition) is 5. The number of carbonyl (C=O) groups is 2. The van der Waals surface area contributed by atoms with Gasteiger partial charge in [-0.15, -0.1) is 0 Å². The van der Waals surface area contributed by atoms with Gasteiger partial charge < -0.3 is 15.6 Å². The van der Waals surface area contributed by atoms with Crippen molar-refractivity contribution >= 4 is 28.9 Å². The number of carbonyl (C=O) groups excluding carboxylic acids is 2. The van der Waals surface area contributed by atoms with Crippen LogP contribution in [0.4, 0.5) is 17.2 Å². The first kappa shape index (κ1) is 20.7. The van der Waals surface area contributed by atoms with Crippen molar-refractivity contribution in [1.82, 2.24) is 19.7 Å². The number of rotatable bonds is 6. The summed E-state index contributed by atoms with van der Waals surface area (Å²) in [6.45, 7) is 0. The summed E-state index contributed by atoms with van der Waals surface area (Å²) in [5.41, 5.74) is 5.78. The fourth-order valence-corrected chi connectivity index (χ4v) is 4.19. The number of Topliss-reactive ketones (excluding diaryl/α,β-unsaturated/α-hetero) is 1. The molecule has 3 heterocycles. The number of para-hydroxylation sites is 1. The van der Waals surface area contributed by atoms with Crippen LogP contribution in [0.5, 0.6) is 0 Å². The summed E-state index contributed by atoms with van der Waals surface area (Å²) in [6.07, 6.45) is 5.72. The summed E-state index contributed by atoms with van der Waals surface area (Å²) >= 11 is 0. The Balaban J connectivity index is 1.47. The number of pyridine rings is 1. The summed E-state index contributed by atoms with van der Waals surface area (Å²) in [7, 11) is 1.80. The molecule has 5 rings (SSSR count). The fraction of sp³-hybridized carbons (Fsp3) is 0.200. The largest absolute Gasteiger partial charge is 0.356 e. The van der Waals surface area contributed by atoms with E-state index >= 15 is 0 Å². The van der Waals surface area contributed by atoms with E-state index in [1.54, 1.807) is 24.1 Å². The van der Waals surface area contributed by atoms with E-state index in [2.05, 4.69) is 25.7 Å². The monoisotopic (exact) mass is 440 g/mol. The number of anilines is 3. The Labute approximate surface area is 191 Å². The summed E-state index contributed by atoms with van der Waals surface area (Å²) in [5.74, 6) is 0.409. The minimum atomic E-state index is -0.174. The number of fused-ring (bicyclic) bond motifs is 1. The number of nitrogens with one attached hydrogen (secondary N) is 3. The topological polar surface area (TPSA) is 105 Å². The lowest BCUT2D eigenvalue weighted by molar-refractivity contribution is -0.115. The Morgan fingerprint density at radius 3 is 2.76 bits per heavy atom. The maximum Gasteiger partial charge on any atom is 0.231 e. The van der Waals surface area contributed by atoms with Crippen molar-refractivity contribution in [3.05, 3.63) is 77.9 Å². The molecule has 3 N–H and O–H groups in total. The molecule has 3 aromatic heterocycles. The maximum absolute atomic E-state index is 12.8. The van der Waals surface area contributed by atoms with Gasteiger partial charge in [-0.3, -0.25) is 14.3 Å². The number of aryl methyl sites for hydroxylation is 2. The number of benzene rings is 1. The van der Waals surface area contributed by atoms with Crippen molar-refractivity contribution in [2.24, 2.45) is 7.05 Å². The van der Waals surface area contributed by atoms with Crippen molar-refractivity contribution in [3.63, 3.8) is 0 Å². The molecule has 0 saturated heterocycles. The molecule has 0 unspecified atom stereocenters. The van der Waals surface area contributed by atoms with Crippen LogP contribution in [0.25, 0.3) is 11.3 Å². The molecule has 0 fully saturated rings. The van der Waals surface area contributed by atoms with Crippen molar-refractivity contribution < 1.29 is 9.59 Å². The lowest BCUT2D eigenvalue weighted by atomic mass is 9.95. The van der Waals surface area contributed by atoms with Gasteiger partial charge in [0.05, 0.1) is 23.4 Å². The number of amides is 1. The molecule has 1 aliphatic rings. The van der Waals surface area contributed by atoms with E-state index < -0.39 is 0 Å². The minimum absolute atomic E-state index is 0.135. The highest BCUT2D eigenvalue weighted by atomic mass is 16.1. The van der Waals surface area contributed by atoms with E-state index in [1.165, 1.54) is 0 Å². The van der Waals surface area contributed by atoms with Gasteiger partial charge in [0.1, 0.15) is 5.82 Å². The van der Waals surface area contributed by atoms with Gasteiger partial charge in [0.2, 0.25) is 5.91 Å². The van der Waals surface area contributed by atoms with Gasteiger partial charge in [-0.05, 0) is 43.2 Å². The highest BCUT2D eigenvalue weighted by Gasteiger charge is 2.27. The zero-order chi connectivity index (χ0) is 22.8. The van der Waals surface area contributed by atoms with E-state index in [-0.39, 0.29) is 18.1 Å². The number of aromatic amines is 1. The number of ketones is 1. The molecule has 0 saturated carbocycles. The Bertz CT molecular complexity index is 1320. The van der Waals surface area contributed by atoms with Crippen LogP contribution in [-0.2, 0) is 24.7 Å². The minimum Gasteiger partial charge on any atom is -0.356 e. The molecule has 33 heavy (non-hydrogen) atoms. The Morgan fingerprint density at radius 2 is 1.97 bits per heavy atom. The molecule has 1 amide bonds. The van der Waals surface area contributed by atoms with Crippen LogP contribution in [-0.4, -0.2) is 31.4 Å². The standard InChI is InChI=1S/C25H24N6O2/c1-31-18(11-13-27-31)15-22(33)30-21-14-16(10-12-26-21)24-25(28-17-6-3-2-4-7-17)23-19(29-24)8-5-9-20(23)32/h2-4,6-7,10-14,28-29H,5,8-9,15H2,1H3,(H,26,30,33). The van der Waals surface area contributed by atoms with Gasteiger partial charge in [-0.25, -0.2) is 4.98 Å². The first-order valence-corrected chi connectivity index (χ1v) is 10.9. The van der Waals surface area contributed by atoms with E-state index in [0.717, 1.165) is 52.4 Å². The van der Waals surface area contributed by atoms with Crippen LogP contribution in [0.1, 0.15) is 34.6 Å². The molecule has 8 nitrogen and oxygen atoms in total. The van der Waals surface area contributed by atoms with E-state index in [9.17, 15) is 9.59 Å². The number of hydrogen-bond donors (Lipinski definition) is 3. The summed E-state index contributed by atoms with van der Waals surface area (Å²) in [4.78, 5) is 33.1. The van der Waals surface area contributed by atoms with Crippen LogP contribution in [0.2, 0.25) is 0 Å². The first-order chi connectivity index (χ1) is 16.1. The van der Waals surface area contributed by atoms with E-state index in [0.29, 0.717) is 12.2 Å². The summed E-state index contributed by atoms with van der Waals surface area (Å²) in [6, 6.07) is 15.3. The van der Waals surface area contributed by atoms with Crippen LogP contribution in [0.3, 0.4) is 0 Å². The first-order valence-electron chi connectivity index (χ1n) is 10.9. The van der Waals surface area contributed by atoms with Crippen molar-refractivity contribution in [1.29, 1.82) is 0 Å². The zero-order valence-corrected chi connectivity index (χ0v) is 18.3. The molecule has 166 valence electrons. The highest BCUT2D eigenvalue weighted by molar-refractivity contribution is 6.07. The SMILES string of the molecule is Cn1nccc1CC(=O)Nc1cc(-c2[nH]c3c(c2Nc2ccccc2)C(=O)CCC3)ccn1. The molecular formula is C25H24N6O2. The predicted molar refractivity (Wildman–Crippen MR) is 127 cm³/mol. The Morgan fingerprint density at radius 1 is 1.12 bits per heavy atom. The summed E-state index contributed by atoms with van der Waals surface area (Å²) < 4.78 is 1.67. The lowest BCUT2D eigenvalue weighted by Gasteiger charge is -2.14. The smallest absolute Gasteiger partial charge is 0.231 e. The average molecular weight is 441 g/mol. The molecule has 1 aromatic carbocycles. The third kappa shape index (κ3) is 4.27. The van der Waals surface area contributed by atoms with Crippen molar-refractivity contribution in [2.75, 3.05) is 10.6 Å². The molecule has 0 radical (unpaired) electrons. The zero-order valence-electron chi connectivity index (χ0n) is 18.3. The molecule has 0 bridgehead atoms. The molecule has 4 aromatic rings. The second kappa shape index (κ2) is 8.74. The van der Waals surface area contributed by atoms with Crippen LogP contribution < -0.4 is 10.6 Å². The third-order valence-electron chi connectivity index (χ3n) is 5.81.